The summed E-state index contributed by atoms with van der Waals surface area (Å²) in [5.41, 5.74) is 2.41. The van der Waals surface area contributed by atoms with Gasteiger partial charge < -0.3 is 15.0 Å². The molecule has 2 N–H and O–H groups in total. The third-order valence-corrected chi connectivity index (χ3v) is 4.44. The van der Waals surface area contributed by atoms with E-state index in [0.717, 1.165) is 21.8 Å². The molecule has 0 unspecified atom stereocenters. The zero-order valence-corrected chi connectivity index (χ0v) is 16.3. The van der Waals surface area contributed by atoms with Crippen molar-refractivity contribution in [1.82, 2.24) is 9.55 Å². The van der Waals surface area contributed by atoms with Crippen molar-refractivity contribution in [2.24, 2.45) is 0 Å². The number of nitrogens with zero attached hydrogens (tertiary/aromatic N) is 2. The lowest BCUT2D eigenvalue weighted by Crippen LogP contribution is -2.16. The van der Waals surface area contributed by atoms with Crippen LogP contribution in [-0.2, 0) is 6.54 Å². The topological polar surface area (TPSA) is 67.2 Å². The minimum Gasteiger partial charge on any atom is -0.395 e. The Morgan fingerprint density at radius 3 is 2.59 bits per heavy atom. The van der Waals surface area contributed by atoms with Crippen LogP contribution in [0.4, 0.5) is 5.95 Å². The molecule has 0 radical (unpaired) electrons. The summed E-state index contributed by atoms with van der Waals surface area (Å²) in [4.78, 5) is 17.6. The van der Waals surface area contributed by atoms with Crippen molar-refractivity contribution in [3.63, 3.8) is 0 Å². The number of rotatable bonds is 6. The molecule has 0 amide bonds. The van der Waals surface area contributed by atoms with Gasteiger partial charge in [0.05, 0.1) is 24.2 Å². The Bertz CT molecular complexity index is 1090. The number of nitrogens with one attached hydrogen (secondary N) is 1. The first-order chi connectivity index (χ1) is 12.8. The molecular weight excluding hydrogens is 406 g/mol. The maximum absolute atomic E-state index is 13.1. The zero-order chi connectivity index (χ0) is 17.9. The smallest absolute Gasteiger partial charge is 0.204 e. The Kier molecular flexibility index (Phi) is 5.88. The fraction of sp³-hybridized carbons (Fsp3) is 0.143. The number of aliphatic hydroxyl groups excluding tert-OH is 1. The Morgan fingerprint density at radius 1 is 1.00 bits per heavy atom. The van der Waals surface area contributed by atoms with Gasteiger partial charge in [-0.1, -0.05) is 54.6 Å². The second-order valence-electron chi connectivity index (χ2n) is 6.11. The summed E-state index contributed by atoms with van der Waals surface area (Å²) >= 11 is 0. The van der Waals surface area contributed by atoms with Crippen LogP contribution < -0.4 is 5.32 Å². The number of anilines is 1. The molecule has 0 fully saturated rings. The number of ketones is 1. The van der Waals surface area contributed by atoms with Gasteiger partial charge in [-0.15, -0.1) is 17.0 Å². The second kappa shape index (κ2) is 8.33. The molecule has 0 spiro atoms. The van der Waals surface area contributed by atoms with Crippen molar-refractivity contribution in [1.29, 1.82) is 0 Å². The lowest BCUT2D eigenvalue weighted by molar-refractivity contribution is 0.0975. The van der Waals surface area contributed by atoms with E-state index < -0.39 is 0 Å². The lowest BCUT2D eigenvalue weighted by atomic mass is 10.0. The number of Topliss-reactive ketones (excluding diaryl/α,β-unsaturated/α-hetero) is 1. The molecule has 3 aromatic carbocycles. The Balaban J connectivity index is 0.00000210. The first-order valence-corrected chi connectivity index (χ1v) is 8.59. The molecule has 27 heavy (non-hydrogen) atoms. The minimum absolute atomic E-state index is 0. The summed E-state index contributed by atoms with van der Waals surface area (Å²) in [5, 5.41) is 14.2. The number of aliphatic hydroxyl groups is 1. The van der Waals surface area contributed by atoms with Gasteiger partial charge in [-0.3, -0.25) is 4.79 Å². The second-order valence-corrected chi connectivity index (χ2v) is 6.11. The predicted molar refractivity (Wildman–Crippen MR) is 114 cm³/mol. The quantitative estimate of drug-likeness (QED) is 0.457. The van der Waals surface area contributed by atoms with Gasteiger partial charge in [0.2, 0.25) is 5.95 Å². The monoisotopic (exact) mass is 425 g/mol. The van der Waals surface area contributed by atoms with Crippen LogP contribution in [-0.4, -0.2) is 33.6 Å². The number of imidazole rings is 1. The number of hydrogen-bond acceptors (Lipinski definition) is 4. The standard InChI is InChI=1S/C21H19N3O2.BrH/c25-13-12-22-21-23-18-10-3-4-11-19(18)24(21)14-20(26)17-9-5-7-15-6-1-2-8-16(15)17;/h1-11,25H,12-14H2,(H,22,23);1H. The van der Waals surface area contributed by atoms with Crippen LogP contribution in [0.15, 0.2) is 66.7 Å². The first kappa shape index (κ1) is 19.1. The number of halogens is 1. The number of aromatic nitrogens is 2. The highest BCUT2D eigenvalue weighted by molar-refractivity contribution is 8.93. The van der Waals surface area contributed by atoms with Crippen molar-refractivity contribution in [2.75, 3.05) is 18.5 Å². The Hall–Kier alpha value is -2.70. The summed E-state index contributed by atoms with van der Waals surface area (Å²) in [6.45, 7) is 0.564. The van der Waals surface area contributed by atoms with Crippen LogP contribution in [0.1, 0.15) is 10.4 Å². The van der Waals surface area contributed by atoms with E-state index >= 15 is 0 Å². The predicted octanol–water partition coefficient (Wildman–Crippen LogP) is 4.05. The first-order valence-electron chi connectivity index (χ1n) is 8.59. The van der Waals surface area contributed by atoms with Crippen LogP contribution in [0.3, 0.4) is 0 Å². The van der Waals surface area contributed by atoms with Crippen molar-refractivity contribution < 1.29 is 9.90 Å². The molecule has 4 aromatic rings. The van der Waals surface area contributed by atoms with Gasteiger partial charge in [-0.2, -0.15) is 0 Å². The number of hydrogen-bond donors (Lipinski definition) is 2. The molecular formula is C21H20BrN3O2. The molecule has 4 rings (SSSR count). The highest BCUT2D eigenvalue weighted by Crippen LogP contribution is 2.23. The fourth-order valence-electron chi connectivity index (χ4n) is 3.24. The summed E-state index contributed by atoms with van der Waals surface area (Å²) in [6, 6.07) is 21.4. The summed E-state index contributed by atoms with van der Waals surface area (Å²) < 4.78 is 1.87. The Morgan fingerprint density at radius 2 is 1.74 bits per heavy atom. The summed E-state index contributed by atoms with van der Waals surface area (Å²) in [5.74, 6) is 0.617. The molecule has 0 saturated carbocycles. The van der Waals surface area contributed by atoms with Gasteiger partial charge in [-0.05, 0) is 22.9 Å². The molecule has 0 aliphatic carbocycles. The van der Waals surface area contributed by atoms with E-state index in [0.29, 0.717) is 18.1 Å². The van der Waals surface area contributed by atoms with Crippen molar-refractivity contribution in [2.45, 2.75) is 6.54 Å². The summed E-state index contributed by atoms with van der Waals surface area (Å²) in [7, 11) is 0. The van der Waals surface area contributed by atoms with Crippen molar-refractivity contribution in [3.8, 4) is 0 Å². The maximum atomic E-state index is 13.1. The van der Waals surface area contributed by atoms with Gasteiger partial charge in [0.25, 0.3) is 0 Å². The van der Waals surface area contributed by atoms with Crippen molar-refractivity contribution in [3.05, 3.63) is 72.3 Å². The minimum atomic E-state index is 0. The third-order valence-electron chi connectivity index (χ3n) is 4.44. The molecule has 1 heterocycles. The average molecular weight is 426 g/mol. The van der Waals surface area contributed by atoms with E-state index in [4.69, 9.17) is 5.11 Å². The number of benzene rings is 3. The number of para-hydroxylation sites is 2. The molecule has 138 valence electrons. The van der Waals surface area contributed by atoms with Gasteiger partial charge in [0, 0.05) is 12.1 Å². The fourth-order valence-corrected chi connectivity index (χ4v) is 3.24. The van der Waals surface area contributed by atoms with Crippen LogP contribution in [0.5, 0.6) is 0 Å². The summed E-state index contributed by atoms with van der Waals surface area (Å²) in [6.07, 6.45) is 0. The molecule has 6 heteroatoms. The molecule has 0 aliphatic rings. The SMILES string of the molecule is Br.O=C(Cn1c(NCCO)nc2ccccc21)c1cccc2ccccc12. The van der Waals surface area contributed by atoms with E-state index in [-0.39, 0.29) is 35.9 Å². The molecule has 1 aromatic heterocycles. The van der Waals surface area contributed by atoms with Crippen LogP contribution in [0.25, 0.3) is 21.8 Å². The van der Waals surface area contributed by atoms with Gasteiger partial charge in [0.15, 0.2) is 5.78 Å². The van der Waals surface area contributed by atoms with E-state index in [1.165, 1.54) is 0 Å². The van der Waals surface area contributed by atoms with Crippen LogP contribution in [0, 0.1) is 0 Å². The molecule has 0 atom stereocenters. The highest BCUT2D eigenvalue weighted by atomic mass is 79.9. The molecule has 0 saturated heterocycles. The Labute approximate surface area is 167 Å². The van der Waals surface area contributed by atoms with E-state index in [1.54, 1.807) is 0 Å². The van der Waals surface area contributed by atoms with E-state index in [2.05, 4.69) is 10.3 Å². The lowest BCUT2D eigenvalue weighted by Gasteiger charge is -2.11. The van der Waals surface area contributed by atoms with Crippen LogP contribution >= 0.6 is 17.0 Å². The van der Waals surface area contributed by atoms with Gasteiger partial charge in [0.1, 0.15) is 0 Å². The molecule has 5 nitrogen and oxygen atoms in total. The van der Waals surface area contributed by atoms with E-state index in [1.807, 2.05) is 71.3 Å². The number of fused-ring (bicyclic) bond motifs is 2. The molecule has 0 bridgehead atoms. The number of carbonyl (C=O) groups is 1. The number of carbonyl (C=O) groups excluding carboxylic acids is 1. The van der Waals surface area contributed by atoms with Crippen molar-refractivity contribution >= 4 is 50.5 Å². The largest absolute Gasteiger partial charge is 0.395 e. The van der Waals surface area contributed by atoms with Gasteiger partial charge in [-0.25, -0.2) is 4.98 Å². The molecule has 0 aliphatic heterocycles. The van der Waals surface area contributed by atoms with Gasteiger partial charge >= 0.3 is 0 Å². The zero-order valence-electron chi connectivity index (χ0n) is 14.6. The van der Waals surface area contributed by atoms with Crippen LogP contribution in [0.2, 0.25) is 0 Å². The maximum Gasteiger partial charge on any atom is 0.204 e. The normalized spacial score (nSPS) is 10.7. The highest BCUT2D eigenvalue weighted by Gasteiger charge is 2.16. The van der Waals surface area contributed by atoms with E-state index in [9.17, 15) is 4.79 Å². The average Bonchev–Trinajstić information content (AvgIpc) is 3.03. The third kappa shape index (κ3) is 3.72.